The van der Waals surface area contributed by atoms with Crippen molar-refractivity contribution < 1.29 is 14.4 Å². The lowest BCUT2D eigenvalue weighted by Crippen LogP contribution is -2.42. The zero-order valence-corrected chi connectivity index (χ0v) is 23.0. The van der Waals surface area contributed by atoms with E-state index in [0.717, 1.165) is 37.5 Å². The van der Waals surface area contributed by atoms with Crippen LogP contribution in [0.1, 0.15) is 63.0 Å². The summed E-state index contributed by atoms with van der Waals surface area (Å²) < 4.78 is 0. The van der Waals surface area contributed by atoms with E-state index in [2.05, 4.69) is 11.4 Å². The molecule has 5 nitrogen and oxygen atoms in total. The number of carbonyl (C=O) groups is 3. The van der Waals surface area contributed by atoms with Crippen molar-refractivity contribution in [1.29, 1.82) is 0 Å². The van der Waals surface area contributed by atoms with Gasteiger partial charge in [-0.15, -0.1) is 0 Å². The topological polar surface area (TPSA) is 66.5 Å². The number of rotatable bonds is 13. The molecular weight excluding hydrogens is 484 g/mol. The Morgan fingerprint density at radius 3 is 2.43 bits per heavy atom. The summed E-state index contributed by atoms with van der Waals surface area (Å²) in [6.45, 7) is 2.44. The van der Waals surface area contributed by atoms with Crippen molar-refractivity contribution >= 4 is 29.7 Å². The first-order chi connectivity index (χ1) is 17.9. The fourth-order valence-corrected chi connectivity index (χ4v) is 5.75. The van der Waals surface area contributed by atoms with Crippen molar-refractivity contribution in [2.75, 3.05) is 13.6 Å². The average molecular weight is 525 g/mol. The van der Waals surface area contributed by atoms with Crippen LogP contribution in [-0.2, 0) is 27.2 Å². The second kappa shape index (κ2) is 14.9. The quantitative estimate of drug-likeness (QED) is 0.333. The Morgan fingerprint density at radius 2 is 1.76 bits per heavy atom. The van der Waals surface area contributed by atoms with Crippen LogP contribution in [0.25, 0.3) is 0 Å². The Balaban J connectivity index is 1.53. The molecule has 0 aromatic heterocycles. The van der Waals surface area contributed by atoms with Gasteiger partial charge in [-0.25, -0.2) is 0 Å². The third kappa shape index (κ3) is 9.62. The molecule has 2 aromatic carbocycles. The Bertz CT molecular complexity index is 1010. The predicted molar refractivity (Wildman–Crippen MR) is 149 cm³/mol. The van der Waals surface area contributed by atoms with E-state index in [4.69, 9.17) is 11.6 Å². The molecule has 0 heterocycles. The predicted octanol–water partition coefficient (Wildman–Crippen LogP) is 5.88. The molecule has 6 heteroatoms. The van der Waals surface area contributed by atoms with Crippen molar-refractivity contribution in [2.24, 2.45) is 17.8 Å². The van der Waals surface area contributed by atoms with Gasteiger partial charge in [0, 0.05) is 31.0 Å². The van der Waals surface area contributed by atoms with Crippen molar-refractivity contribution in [3.8, 4) is 0 Å². The van der Waals surface area contributed by atoms with Crippen LogP contribution in [0.15, 0.2) is 54.6 Å². The zero-order chi connectivity index (χ0) is 26.6. The average Bonchev–Trinajstić information content (AvgIpc) is 2.91. The van der Waals surface area contributed by atoms with Crippen molar-refractivity contribution in [3.63, 3.8) is 0 Å². The summed E-state index contributed by atoms with van der Waals surface area (Å²) in [5, 5.41) is 3.62. The highest BCUT2D eigenvalue weighted by Gasteiger charge is 2.28. The molecule has 0 saturated heterocycles. The van der Waals surface area contributed by atoms with Crippen LogP contribution in [0.5, 0.6) is 0 Å². The molecule has 1 aliphatic carbocycles. The molecule has 37 heavy (non-hydrogen) atoms. The van der Waals surface area contributed by atoms with Crippen LogP contribution >= 0.6 is 11.6 Å². The lowest BCUT2D eigenvalue weighted by Gasteiger charge is -2.30. The largest absolute Gasteiger partial charge is 0.347 e. The van der Waals surface area contributed by atoms with Gasteiger partial charge >= 0.3 is 0 Å². The van der Waals surface area contributed by atoms with E-state index in [0.29, 0.717) is 30.3 Å². The third-order valence-electron chi connectivity index (χ3n) is 7.65. The van der Waals surface area contributed by atoms with Crippen LogP contribution in [-0.4, -0.2) is 42.6 Å². The molecule has 2 amide bonds. The molecule has 200 valence electrons. The van der Waals surface area contributed by atoms with Crippen LogP contribution in [0.4, 0.5) is 0 Å². The highest BCUT2D eigenvalue weighted by Crippen LogP contribution is 2.34. The minimum atomic E-state index is -0.674. The monoisotopic (exact) mass is 524 g/mol. The van der Waals surface area contributed by atoms with Crippen LogP contribution in [0.2, 0.25) is 5.02 Å². The van der Waals surface area contributed by atoms with Gasteiger partial charge in [-0.3, -0.25) is 9.59 Å². The molecule has 1 fully saturated rings. The molecule has 3 rings (SSSR count). The second-order valence-corrected chi connectivity index (χ2v) is 11.1. The number of nitrogens with zero attached hydrogens (tertiary/aromatic N) is 1. The number of carbonyl (C=O) groups excluding carboxylic acids is 3. The summed E-state index contributed by atoms with van der Waals surface area (Å²) >= 11 is 6.21. The first-order valence-corrected chi connectivity index (χ1v) is 14.0. The van der Waals surface area contributed by atoms with Gasteiger partial charge in [0.05, 0.1) is 6.04 Å². The van der Waals surface area contributed by atoms with E-state index in [-0.39, 0.29) is 23.7 Å². The smallest absolute Gasteiger partial charge is 0.225 e. The highest BCUT2D eigenvalue weighted by atomic mass is 35.5. The number of hydrogen-bond donors (Lipinski definition) is 1. The summed E-state index contributed by atoms with van der Waals surface area (Å²) in [4.78, 5) is 39.5. The van der Waals surface area contributed by atoms with Gasteiger partial charge < -0.3 is 15.0 Å². The Hall–Kier alpha value is -2.66. The number of likely N-dealkylation sites (N-methyl/N-ethyl adjacent to an activating group) is 1. The maximum absolute atomic E-state index is 13.1. The Morgan fingerprint density at radius 1 is 1.05 bits per heavy atom. The maximum atomic E-state index is 13.1. The minimum Gasteiger partial charge on any atom is -0.347 e. The van der Waals surface area contributed by atoms with Gasteiger partial charge in [-0.05, 0) is 54.4 Å². The summed E-state index contributed by atoms with van der Waals surface area (Å²) in [5.41, 5.74) is 2.32. The third-order valence-corrected chi connectivity index (χ3v) is 7.88. The highest BCUT2D eigenvalue weighted by molar-refractivity contribution is 6.30. The first kappa shape index (κ1) is 28.9. The van der Waals surface area contributed by atoms with E-state index in [1.165, 1.54) is 24.8 Å². The standard InChI is InChI=1S/C31H41ClN2O3/c1-23(31(37)34(2)17-16-24-10-5-3-6-11-24)18-29(22-35)33-30(36)21-27(26-13-7-4-8-14-26)19-25-12-9-15-28(32)20-25/h3,5-6,9-12,15,20,22-23,26-27,29H,4,7-8,13-14,16-19,21H2,1-2H3,(H,33,36)/t23?,27?,29-/m0/s1. The number of amides is 2. The molecule has 3 atom stereocenters. The molecule has 0 bridgehead atoms. The summed E-state index contributed by atoms with van der Waals surface area (Å²) in [6, 6.07) is 17.2. The number of aldehydes is 1. The fourth-order valence-electron chi connectivity index (χ4n) is 5.54. The summed E-state index contributed by atoms with van der Waals surface area (Å²) in [6.07, 6.45) is 8.94. The van der Waals surface area contributed by atoms with Gasteiger partial charge in [0.1, 0.15) is 6.29 Å². The lowest BCUT2D eigenvalue weighted by atomic mass is 9.76. The van der Waals surface area contributed by atoms with Crippen molar-refractivity contribution in [1.82, 2.24) is 10.2 Å². The van der Waals surface area contributed by atoms with E-state index in [1.807, 2.05) is 55.5 Å². The lowest BCUT2D eigenvalue weighted by molar-refractivity contribution is -0.134. The maximum Gasteiger partial charge on any atom is 0.225 e. The van der Waals surface area contributed by atoms with Gasteiger partial charge in [0.15, 0.2) is 0 Å². The summed E-state index contributed by atoms with van der Waals surface area (Å²) in [5.74, 6) is 0.197. The molecule has 1 aliphatic rings. The van der Waals surface area contributed by atoms with Crippen molar-refractivity contribution in [2.45, 2.75) is 70.8 Å². The molecular formula is C31H41ClN2O3. The number of nitrogens with one attached hydrogen (secondary N) is 1. The Labute approximate surface area is 227 Å². The van der Waals surface area contributed by atoms with Crippen molar-refractivity contribution in [3.05, 3.63) is 70.7 Å². The number of benzene rings is 2. The van der Waals surface area contributed by atoms with Crippen LogP contribution < -0.4 is 5.32 Å². The molecule has 1 saturated carbocycles. The number of halogens is 1. The first-order valence-electron chi connectivity index (χ1n) is 13.6. The van der Waals surface area contributed by atoms with Gasteiger partial charge in [-0.1, -0.05) is 93.1 Å². The summed E-state index contributed by atoms with van der Waals surface area (Å²) in [7, 11) is 1.79. The van der Waals surface area contributed by atoms with Gasteiger partial charge in [-0.2, -0.15) is 0 Å². The molecule has 0 spiro atoms. The zero-order valence-electron chi connectivity index (χ0n) is 22.2. The molecule has 2 aromatic rings. The molecule has 0 aliphatic heterocycles. The SMILES string of the molecule is CC(C[C@@H](C=O)NC(=O)CC(Cc1cccc(Cl)c1)C1CCCCC1)C(=O)N(C)CCc1ccccc1. The molecule has 2 unspecified atom stereocenters. The van der Waals surface area contributed by atoms with Crippen LogP contribution in [0.3, 0.4) is 0 Å². The molecule has 0 radical (unpaired) electrons. The van der Waals surface area contributed by atoms with E-state index in [1.54, 1.807) is 11.9 Å². The normalized spacial score (nSPS) is 16.4. The van der Waals surface area contributed by atoms with Gasteiger partial charge in [0.2, 0.25) is 11.8 Å². The van der Waals surface area contributed by atoms with E-state index in [9.17, 15) is 14.4 Å². The Kier molecular flexibility index (Phi) is 11.7. The van der Waals surface area contributed by atoms with E-state index < -0.39 is 6.04 Å². The van der Waals surface area contributed by atoms with E-state index >= 15 is 0 Å². The second-order valence-electron chi connectivity index (χ2n) is 10.6. The minimum absolute atomic E-state index is 0.0157. The fraction of sp³-hybridized carbons (Fsp3) is 0.516. The van der Waals surface area contributed by atoms with Crippen LogP contribution in [0, 0.1) is 17.8 Å². The number of hydrogen-bond acceptors (Lipinski definition) is 3. The molecule has 1 N–H and O–H groups in total. The van der Waals surface area contributed by atoms with Gasteiger partial charge in [0.25, 0.3) is 0 Å².